The number of nitrogens with zero attached hydrogens (tertiary/aromatic N) is 1. The lowest BCUT2D eigenvalue weighted by Gasteiger charge is -2.03. The fourth-order valence-electron chi connectivity index (χ4n) is 2.67. The van der Waals surface area contributed by atoms with Crippen molar-refractivity contribution in [1.29, 1.82) is 0 Å². The lowest BCUT2D eigenvalue weighted by atomic mass is 10.1. The van der Waals surface area contributed by atoms with Gasteiger partial charge < -0.3 is 4.98 Å². The van der Waals surface area contributed by atoms with Crippen molar-refractivity contribution in [2.75, 3.05) is 4.42 Å². The van der Waals surface area contributed by atoms with Crippen molar-refractivity contribution in [2.24, 2.45) is 0 Å². The van der Waals surface area contributed by atoms with Crippen LogP contribution in [0.4, 0.5) is 5.69 Å². The van der Waals surface area contributed by atoms with Crippen LogP contribution in [0.15, 0.2) is 54.6 Å². The second-order valence-electron chi connectivity index (χ2n) is 4.97. The number of para-hydroxylation sites is 2. The van der Waals surface area contributed by atoms with Crippen LogP contribution in [0.25, 0.3) is 22.6 Å². The van der Waals surface area contributed by atoms with Gasteiger partial charge in [0.2, 0.25) is 0 Å². The van der Waals surface area contributed by atoms with E-state index in [1.165, 1.54) is 4.42 Å². The van der Waals surface area contributed by atoms with E-state index in [1.54, 1.807) is 0 Å². The molecule has 3 aromatic rings. The summed E-state index contributed by atoms with van der Waals surface area (Å²) >= 11 is 6.07. The first-order valence-electron chi connectivity index (χ1n) is 6.63. The van der Waals surface area contributed by atoms with Gasteiger partial charge in [-0.2, -0.15) is 0 Å². The maximum Gasteiger partial charge on any atom is 0.273 e. The molecule has 4 heteroatoms. The highest BCUT2D eigenvalue weighted by atomic mass is 35.5. The molecule has 0 fully saturated rings. The molecule has 102 valence electrons. The van der Waals surface area contributed by atoms with Crippen LogP contribution in [0.3, 0.4) is 0 Å². The molecule has 0 atom stereocenters. The van der Waals surface area contributed by atoms with Crippen LogP contribution < -0.4 is 4.42 Å². The Hall–Kier alpha value is -2.52. The fourth-order valence-corrected chi connectivity index (χ4v) is 2.91. The average molecular weight is 295 g/mol. The number of rotatable bonds is 1. The van der Waals surface area contributed by atoms with Crippen LogP contribution in [-0.4, -0.2) is 10.9 Å². The van der Waals surface area contributed by atoms with Gasteiger partial charge in [-0.25, -0.2) is 4.42 Å². The Labute approximate surface area is 126 Å². The molecule has 1 aliphatic rings. The molecule has 1 aliphatic heterocycles. The number of nitrogens with one attached hydrogen (secondary N) is 1. The van der Waals surface area contributed by atoms with E-state index in [4.69, 9.17) is 11.8 Å². The Bertz CT molecular complexity index is 861. The summed E-state index contributed by atoms with van der Waals surface area (Å²) in [4.78, 5) is 15.6. The monoisotopic (exact) mass is 294 g/mol. The highest BCUT2D eigenvalue weighted by Gasteiger charge is 2.31. The van der Waals surface area contributed by atoms with Crippen molar-refractivity contribution < 1.29 is 4.79 Å². The molecule has 0 radical (unpaired) electrons. The summed E-state index contributed by atoms with van der Waals surface area (Å²) in [5, 5.41) is 1.12. The maximum atomic E-state index is 12.3. The van der Waals surface area contributed by atoms with Gasteiger partial charge in [-0.05, 0) is 29.7 Å². The third-order valence-electron chi connectivity index (χ3n) is 3.67. The molecule has 1 amide bonds. The Morgan fingerprint density at radius 2 is 1.81 bits per heavy atom. The summed E-state index contributed by atoms with van der Waals surface area (Å²) < 4.78 is 1.17. The molecule has 0 spiro atoms. The van der Waals surface area contributed by atoms with Gasteiger partial charge in [0.15, 0.2) is 0 Å². The minimum Gasteiger partial charge on any atom is -0.355 e. The lowest BCUT2D eigenvalue weighted by molar-refractivity contribution is -0.111. The number of aromatic nitrogens is 1. The summed E-state index contributed by atoms with van der Waals surface area (Å²) in [6.45, 7) is 0. The van der Waals surface area contributed by atoms with Crippen LogP contribution in [0.2, 0.25) is 0 Å². The topological polar surface area (TPSA) is 36.1 Å². The molecule has 4 rings (SSSR count). The van der Waals surface area contributed by atoms with Gasteiger partial charge in [0.25, 0.3) is 5.91 Å². The van der Waals surface area contributed by atoms with Gasteiger partial charge >= 0.3 is 0 Å². The van der Waals surface area contributed by atoms with Crippen molar-refractivity contribution in [2.45, 2.75) is 0 Å². The molecule has 0 bridgehead atoms. The van der Waals surface area contributed by atoms with Crippen molar-refractivity contribution >= 4 is 45.9 Å². The fraction of sp³-hybridized carbons (Fsp3) is 0. The Morgan fingerprint density at radius 1 is 1.05 bits per heavy atom. The number of anilines is 1. The summed E-state index contributed by atoms with van der Waals surface area (Å²) in [5.41, 5.74) is 4.13. The molecular formula is C17H11ClN2O. The van der Waals surface area contributed by atoms with Gasteiger partial charge in [0.05, 0.1) is 11.3 Å². The van der Waals surface area contributed by atoms with Gasteiger partial charge in [0, 0.05) is 28.6 Å². The number of aromatic amines is 1. The number of amides is 1. The van der Waals surface area contributed by atoms with Crippen LogP contribution in [0.5, 0.6) is 0 Å². The Morgan fingerprint density at radius 3 is 2.67 bits per heavy atom. The Balaban J connectivity index is 1.87. The molecule has 3 nitrogen and oxygen atoms in total. The first-order chi connectivity index (χ1) is 10.2. The van der Waals surface area contributed by atoms with E-state index >= 15 is 0 Å². The third kappa shape index (κ3) is 1.86. The van der Waals surface area contributed by atoms with Crippen LogP contribution >= 0.6 is 11.8 Å². The van der Waals surface area contributed by atoms with Crippen molar-refractivity contribution in [1.82, 2.24) is 4.98 Å². The summed E-state index contributed by atoms with van der Waals surface area (Å²) in [7, 11) is 0. The number of benzene rings is 2. The number of H-pyrrole nitrogens is 1. The zero-order chi connectivity index (χ0) is 14.4. The van der Waals surface area contributed by atoms with E-state index < -0.39 is 0 Å². The molecule has 2 aromatic carbocycles. The molecule has 2 heterocycles. The molecule has 1 N–H and O–H groups in total. The quantitative estimate of drug-likeness (QED) is 0.530. The molecule has 0 unspecified atom stereocenters. The molecular weight excluding hydrogens is 284 g/mol. The number of hydrogen-bond acceptors (Lipinski definition) is 1. The number of halogens is 1. The van der Waals surface area contributed by atoms with Crippen molar-refractivity contribution in [3.63, 3.8) is 0 Å². The lowest BCUT2D eigenvalue weighted by Crippen LogP contribution is -2.13. The second kappa shape index (κ2) is 4.50. The minimum absolute atomic E-state index is 0.198. The van der Waals surface area contributed by atoms with Gasteiger partial charge in [-0.1, -0.05) is 36.4 Å². The van der Waals surface area contributed by atoms with Gasteiger partial charge in [-0.3, -0.25) is 4.79 Å². The summed E-state index contributed by atoms with van der Waals surface area (Å²) in [6, 6.07) is 17.6. The largest absolute Gasteiger partial charge is 0.355 e. The predicted molar refractivity (Wildman–Crippen MR) is 86.0 cm³/mol. The first kappa shape index (κ1) is 12.2. The highest BCUT2D eigenvalue weighted by molar-refractivity contribution is 6.50. The first-order valence-corrected chi connectivity index (χ1v) is 6.97. The van der Waals surface area contributed by atoms with E-state index in [1.807, 2.05) is 60.7 Å². The SMILES string of the molecule is O=C1C(=Cc2cc3ccccc3[nH]2)c2ccccc2N1Cl. The standard InChI is InChI=1S/C17H11ClN2O/c18-20-16-8-4-2-6-13(16)14(17(20)21)10-12-9-11-5-1-3-7-15(11)19-12/h1-10,19H. The molecule has 21 heavy (non-hydrogen) atoms. The maximum absolute atomic E-state index is 12.3. The average Bonchev–Trinajstić information content (AvgIpc) is 3.02. The highest BCUT2D eigenvalue weighted by Crippen LogP contribution is 2.38. The van der Waals surface area contributed by atoms with E-state index in [0.29, 0.717) is 5.57 Å². The molecule has 0 saturated carbocycles. The molecule has 1 aromatic heterocycles. The zero-order valence-corrected chi connectivity index (χ0v) is 11.8. The predicted octanol–water partition coefficient (Wildman–Crippen LogP) is 4.21. The van der Waals surface area contributed by atoms with Crippen LogP contribution in [0, 0.1) is 0 Å². The van der Waals surface area contributed by atoms with Crippen LogP contribution in [-0.2, 0) is 4.79 Å². The summed E-state index contributed by atoms with van der Waals surface area (Å²) in [6.07, 6.45) is 1.85. The molecule has 0 aliphatic carbocycles. The number of hydrogen-bond donors (Lipinski definition) is 1. The van der Waals surface area contributed by atoms with Crippen molar-refractivity contribution in [3.8, 4) is 0 Å². The second-order valence-corrected chi connectivity index (χ2v) is 5.31. The number of fused-ring (bicyclic) bond motifs is 2. The van der Waals surface area contributed by atoms with Crippen LogP contribution in [0.1, 0.15) is 11.3 Å². The molecule has 0 saturated heterocycles. The van der Waals surface area contributed by atoms with Crippen molar-refractivity contribution in [3.05, 3.63) is 65.9 Å². The van der Waals surface area contributed by atoms with E-state index in [0.717, 1.165) is 27.8 Å². The number of carbonyl (C=O) groups is 1. The van der Waals surface area contributed by atoms with E-state index in [2.05, 4.69) is 4.98 Å². The summed E-state index contributed by atoms with van der Waals surface area (Å²) in [5.74, 6) is -0.198. The smallest absolute Gasteiger partial charge is 0.273 e. The number of carbonyl (C=O) groups excluding carboxylic acids is 1. The normalized spacial score (nSPS) is 16.0. The minimum atomic E-state index is -0.198. The zero-order valence-electron chi connectivity index (χ0n) is 11.0. The van der Waals surface area contributed by atoms with Gasteiger partial charge in [0.1, 0.15) is 0 Å². The van der Waals surface area contributed by atoms with E-state index in [-0.39, 0.29) is 5.91 Å². The van der Waals surface area contributed by atoms with E-state index in [9.17, 15) is 4.79 Å². The van der Waals surface area contributed by atoms with Gasteiger partial charge in [-0.15, -0.1) is 0 Å². The third-order valence-corrected chi connectivity index (χ3v) is 4.00. The Kier molecular flexibility index (Phi) is 2.62.